The van der Waals surface area contributed by atoms with Gasteiger partial charge in [-0.2, -0.15) is 0 Å². The highest BCUT2D eigenvalue weighted by atomic mass is 28.4. The van der Waals surface area contributed by atoms with E-state index in [9.17, 15) is 9.59 Å². The largest absolute Gasteiger partial charge is 0.445 e. The van der Waals surface area contributed by atoms with Crippen molar-refractivity contribution in [2.45, 2.75) is 91.0 Å². The van der Waals surface area contributed by atoms with Gasteiger partial charge in [0.1, 0.15) is 12.2 Å². The lowest BCUT2D eigenvalue weighted by Crippen LogP contribution is -2.54. The summed E-state index contributed by atoms with van der Waals surface area (Å²) >= 11 is 0. The molecule has 182 valence electrons. The van der Waals surface area contributed by atoms with Gasteiger partial charge in [-0.3, -0.25) is 0 Å². The summed E-state index contributed by atoms with van der Waals surface area (Å²) in [5, 5.41) is 2.85. The zero-order chi connectivity index (χ0) is 24.7. The van der Waals surface area contributed by atoms with E-state index >= 15 is 0 Å². The van der Waals surface area contributed by atoms with E-state index in [1.54, 1.807) is 7.05 Å². The Bertz CT molecular complexity index is 741. The fraction of sp³-hybridized carbons (Fsp3) is 0.667. The quantitative estimate of drug-likeness (QED) is 0.508. The SMILES string of the molecule is C[C@@H](NC(=O)OCc1ccccc1)[C@H](CN(C)C(=O)OC(C)(C)C)O[Si](C)(C)C(C)(C)C. The van der Waals surface area contributed by atoms with Crippen molar-refractivity contribution in [2.24, 2.45) is 0 Å². The number of carbonyl (C=O) groups excluding carboxylic acids is 2. The van der Waals surface area contributed by atoms with Crippen LogP contribution in [0.2, 0.25) is 18.1 Å². The van der Waals surface area contributed by atoms with Gasteiger partial charge in [0, 0.05) is 7.05 Å². The first-order valence-electron chi connectivity index (χ1n) is 11.1. The normalized spacial score (nSPS) is 14.3. The van der Waals surface area contributed by atoms with Gasteiger partial charge in [0.15, 0.2) is 8.32 Å². The smallest absolute Gasteiger partial charge is 0.410 e. The molecule has 8 heteroatoms. The van der Waals surface area contributed by atoms with Gasteiger partial charge >= 0.3 is 12.2 Å². The predicted octanol–water partition coefficient (Wildman–Crippen LogP) is 5.56. The van der Waals surface area contributed by atoms with E-state index in [0.717, 1.165) is 5.56 Å². The fourth-order valence-electron chi connectivity index (χ4n) is 2.58. The van der Waals surface area contributed by atoms with Crippen molar-refractivity contribution in [3.8, 4) is 0 Å². The first kappa shape index (κ1) is 28.0. The molecule has 0 saturated heterocycles. The summed E-state index contributed by atoms with van der Waals surface area (Å²) < 4.78 is 17.4. The van der Waals surface area contributed by atoms with Crippen LogP contribution in [-0.4, -0.2) is 56.7 Å². The molecule has 0 bridgehead atoms. The van der Waals surface area contributed by atoms with E-state index in [1.807, 2.05) is 58.0 Å². The third-order valence-corrected chi connectivity index (χ3v) is 10.0. The number of amides is 2. The minimum atomic E-state index is -2.17. The molecule has 1 rings (SSSR count). The summed E-state index contributed by atoms with van der Waals surface area (Å²) in [4.78, 5) is 26.4. The number of nitrogens with one attached hydrogen (secondary N) is 1. The molecule has 1 aromatic rings. The van der Waals surface area contributed by atoms with Gasteiger partial charge in [-0.05, 0) is 51.4 Å². The Labute approximate surface area is 194 Å². The topological polar surface area (TPSA) is 77.1 Å². The molecule has 2 atom stereocenters. The number of carbonyl (C=O) groups is 2. The Morgan fingerprint density at radius 3 is 2.12 bits per heavy atom. The van der Waals surface area contributed by atoms with Crippen molar-refractivity contribution >= 4 is 20.5 Å². The molecular weight excluding hydrogens is 424 g/mol. The number of hydrogen-bond acceptors (Lipinski definition) is 5. The van der Waals surface area contributed by atoms with Gasteiger partial charge in [0.25, 0.3) is 0 Å². The molecule has 0 saturated carbocycles. The van der Waals surface area contributed by atoms with Crippen LogP contribution >= 0.6 is 0 Å². The van der Waals surface area contributed by atoms with Crippen molar-refractivity contribution < 1.29 is 23.5 Å². The van der Waals surface area contributed by atoms with Crippen LogP contribution in [0.15, 0.2) is 30.3 Å². The Kier molecular flexibility index (Phi) is 9.78. The Morgan fingerprint density at radius 1 is 1.06 bits per heavy atom. The van der Waals surface area contributed by atoms with Crippen LogP contribution in [-0.2, 0) is 20.5 Å². The van der Waals surface area contributed by atoms with Crippen molar-refractivity contribution in [1.82, 2.24) is 10.2 Å². The number of hydrogen-bond donors (Lipinski definition) is 1. The summed E-state index contributed by atoms with van der Waals surface area (Å²) in [6.45, 7) is 18.6. The minimum Gasteiger partial charge on any atom is -0.445 e. The molecule has 0 aromatic heterocycles. The lowest BCUT2D eigenvalue weighted by Gasteiger charge is -2.41. The highest BCUT2D eigenvalue weighted by Gasteiger charge is 2.41. The molecule has 0 radical (unpaired) electrons. The maximum absolute atomic E-state index is 12.5. The minimum absolute atomic E-state index is 0.0245. The van der Waals surface area contributed by atoms with Crippen LogP contribution in [0, 0.1) is 0 Å². The third kappa shape index (κ3) is 9.61. The lowest BCUT2D eigenvalue weighted by molar-refractivity contribution is 0.0188. The second-order valence-electron chi connectivity index (χ2n) is 10.8. The zero-order valence-electron chi connectivity index (χ0n) is 21.4. The summed E-state index contributed by atoms with van der Waals surface area (Å²) in [5.41, 5.74) is 0.320. The van der Waals surface area contributed by atoms with Gasteiger partial charge < -0.3 is 24.1 Å². The first-order valence-corrected chi connectivity index (χ1v) is 14.0. The van der Waals surface area contributed by atoms with E-state index in [4.69, 9.17) is 13.9 Å². The number of nitrogens with zero attached hydrogens (tertiary/aromatic N) is 1. The summed E-state index contributed by atoms with van der Waals surface area (Å²) in [5.74, 6) is 0. The maximum atomic E-state index is 12.5. The van der Waals surface area contributed by atoms with Crippen LogP contribution < -0.4 is 5.32 Å². The predicted molar refractivity (Wildman–Crippen MR) is 130 cm³/mol. The fourth-order valence-corrected chi connectivity index (χ4v) is 3.97. The second-order valence-corrected chi connectivity index (χ2v) is 15.5. The maximum Gasteiger partial charge on any atom is 0.410 e. The van der Waals surface area contributed by atoms with E-state index < -0.39 is 32.2 Å². The molecule has 2 amide bonds. The molecule has 1 N–H and O–H groups in total. The number of ether oxygens (including phenoxy) is 2. The van der Waals surface area contributed by atoms with Crippen molar-refractivity contribution in [3.63, 3.8) is 0 Å². The van der Waals surface area contributed by atoms with E-state index in [-0.39, 0.29) is 24.2 Å². The first-order chi connectivity index (χ1) is 14.5. The van der Waals surface area contributed by atoms with Gasteiger partial charge in [0.2, 0.25) is 0 Å². The molecule has 0 unspecified atom stereocenters. The molecule has 7 nitrogen and oxygen atoms in total. The van der Waals surface area contributed by atoms with Crippen molar-refractivity contribution in [2.75, 3.05) is 13.6 Å². The molecular formula is C24H42N2O5Si. The van der Waals surface area contributed by atoms with Crippen molar-refractivity contribution in [3.05, 3.63) is 35.9 Å². The van der Waals surface area contributed by atoms with Gasteiger partial charge in [-0.25, -0.2) is 9.59 Å². The van der Waals surface area contributed by atoms with Crippen LogP contribution in [0.25, 0.3) is 0 Å². The summed E-state index contributed by atoms with van der Waals surface area (Å²) in [7, 11) is -0.495. The summed E-state index contributed by atoms with van der Waals surface area (Å²) in [6.07, 6.45) is -1.37. The monoisotopic (exact) mass is 466 g/mol. The van der Waals surface area contributed by atoms with E-state index in [2.05, 4.69) is 39.2 Å². The Balaban J connectivity index is 2.88. The van der Waals surface area contributed by atoms with E-state index in [1.165, 1.54) is 4.90 Å². The summed E-state index contributed by atoms with van der Waals surface area (Å²) in [6, 6.07) is 9.13. The van der Waals surface area contributed by atoms with Crippen LogP contribution in [0.1, 0.15) is 54.0 Å². The average molecular weight is 467 g/mol. The number of likely N-dealkylation sites (N-methyl/N-ethyl adjacent to an activating group) is 1. The molecule has 0 spiro atoms. The highest BCUT2D eigenvalue weighted by molar-refractivity contribution is 6.74. The van der Waals surface area contributed by atoms with Crippen LogP contribution in [0.5, 0.6) is 0 Å². The molecule has 1 aromatic carbocycles. The number of benzene rings is 1. The van der Waals surface area contributed by atoms with Crippen LogP contribution in [0.4, 0.5) is 9.59 Å². The number of alkyl carbamates (subject to hydrolysis) is 1. The third-order valence-electron chi connectivity index (χ3n) is 5.53. The average Bonchev–Trinajstić information content (AvgIpc) is 2.64. The zero-order valence-corrected chi connectivity index (χ0v) is 22.4. The molecule has 0 aliphatic heterocycles. The lowest BCUT2D eigenvalue weighted by atomic mass is 10.2. The molecule has 0 heterocycles. The Morgan fingerprint density at radius 2 is 1.62 bits per heavy atom. The molecule has 0 fully saturated rings. The highest BCUT2D eigenvalue weighted by Crippen LogP contribution is 2.37. The van der Waals surface area contributed by atoms with Crippen LogP contribution in [0.3, 0.4) is 0 Å². The molecule has 32 heavy (non-hydrogen) atoms. The van der Waals surface area contributed by atoms with Gasteiger partial charge in [-0.1, -0.05) is 51.1 Å². The van der Waals surface area contributed by atoms with Gasteiger partial charge in [-0.15, -0.1) is 0 Å². The molecule has 0 aliphatic carbocycles. The van der Waals surface area contributed by atoms with Crippen molar-refractivity contribution in [1.29, 1.82) is 0 Å². The Hall–Kier alpha value is -2.06. The number of rotatable bonds is 8. The standard InChI is InChI=1S/C24H42N2O5Si/c1-18(25-21(27)29-17-19-14-12-11-13-15-19)20(31-32(9,10)24(5,6)7)16-26(8)22(28)30-23(2,3)4/h11-15,18,20H,16-17H2,1-10H3,(H,25,27)/t18-,20+/m1/s1. The van der Waals surface area contributed by atoms with Gasteiger partial charge in [0.05, 0.1) is 18.7 Å². The van der Waals surface area contributed by atoms with E-state index in [0.29, 0.717) is 0 Å². The second kappa shape index (κ2) is 11.2. The molecule has 0 aliphatic rings.